The van der Waals surface area contributed by atoms with Crippen molar-refractivity contribution in [1.29, 1.82) is 0 Å². The van der Waals surface area contributed by atoms with E-state index in [1.165, 1.54) is 38.5 Å². The van der Waals surface area contributed by atoms with Gasteiger partial charge < -0.3 is 0 Å². The highest BCUT2D eigenvalue weighted by Crippen LogP contribution is 2.59. The molecule has 1 unspecified atom stereocenters. The quantitative estimate of drug-likeness (QED) is 0.606. The fourth-order valence-electron chi connectivity index (χ4n) is 4.82. The molecule has 2 aliphatic carbocycles. The van der Waals surface area contributed by atoms with E-state index in [0.717, 1.165) is 23.7 Å². The monoisotopic (exact) mass is 208 g/mol. The van der Waals surface area contributed by atoms with E-state index in [1.54, 1.807) is 0 Å². The summed E-state index contributed by atoms with van der Waals surface area (Å²) in [7, 11) is 0. The van der Waals surface area contributed by atoms with Crippen molar-refractivity contribution in [3.8, 4) is 0 Å². The molecule has 0 aromatic rings. The first-order chi connectivity index (χ1) is 7.09. The SMILES string of the molecule is CC[C@@H](C)C1CC[C@H]2[C@@H](C)CCC[C@]12C. The molecule has 2 fully saturated rings. The molecule has 5 atom stereocenters. The van der Waals surface area contributed by atoms with Crippen LogP contribution in [0.2, 0.25) is 0 Å². The minimum absolute atomic E-state index is 0.701. The minimum atomic E-state index is 0.701. The normalized spacial score (nSPS) is 47.6. The summed E-state index contributed by atoms with van der Waals surface area (Å²) in [5.74, 6) is 4.02. The Bertz CT molecular complexity index is 220. The number of hydrogen-bond donors (Lipinski definition) is 0. The molecule has 15 heavy (non-hydrogen) atoms. The van der Waals surface area contributed by atoms with Crippen LogP contribution in [0.3, 0.4) is 0 Å². The molecule has 2 saturated carbocycles. The van der Waals surface area contributed by atoms with E-state index < -0.39 is 0 Å². The molecule has 0 aromatic carbocycles. The standard InChI is InChI=1S/C15H28/c1-5-11(2)13-8-9-14-12(3)7-6-10-15(13,14)4/h11-14H,5-10H2,1-4H3/t11-,12+,13?,14+,15-/m1/s1. The predicted octanol–water partition coefficient (Wildman–Crippen LogP) is 4.89. The van der Waals surface area contributed by atoms with Crippen LogP contribution in [0, 0.1) is 29.1 Å². The van der Waals surface area contributed by atoms with Gasteiger partial charge in [0.15, 0.2) is 0 Å². The Hall–Kier alpha value is 0. The molecule has 0 bridgehead atoms. The molecular formula is C15H28. The molecule has 0 saturated heterocycles. The second kappa shape index (κ2) is 4.11. The molecule has 0 N–H and O–H groups in total. The Morgan fingerprint density at radius 2 is 2.00 bits per heavy atom. The van der Waals surface area contributed by atoms with Gasteiger partial charge in [-0.1, -0.05) is 47.0 Å². The summed E-state index contributed by atoms with van der Waals surface area (Å²) in [5.41, 5.74) is 0.701. The van der Waals surface area contributed by atoms with Gasteiger partial charge in [0.25, 0.3) is 0 Å². The average molecular weight is 208 g/mol. The lowest BCUT2D eigenvalue weighted by Crippen LogP contribution is -2.38. The highest BCUT2D eigenvalue weighted by molar-refractivity contribution is 5.00. The van der Waals surface area contributed by atoms with Crippen LogP contribution in [0.1, 0.15) is 66.2 Å². The maximum atomic E-state index is 2.61. The summed E-state index contributed by atoms with van der Waals surface area (Å²) >= 11 is 0. The maximum Gasteiger partial charge on any atom is -0.0264 e. The third-order valence-electron chi connectivity index (χ3n) is 5.88. The molecule has 0 aliphatic heterocycles. The summed E-state index contributed by atoms with van der Waals surface area (Å²) in [6.07, 6.45) is 8.90. The molecular weight excluding hydrogens is 180 g/mol. The van der Waals surface area contributed by atoms with Gasteiger partial charge in [-0.25, -0.2) is 0 Å². The highest BCUT2D eigenvalue weighted by atomic mass is 14.6. The van der Waals surface area contributed by atoms with Gasteiger partial charge in [-0.05, 0) is 48.3 Å². The number of rotatable bonds is 2. The lowest BCUT2D eigenvalue weighted by Gasteiger charge is -2.46. The summed E-state index contributed by atoms with van der Waals surface area (Å²) in [4.78, 5) is 0. The Labute approximate surface area is 95.8 Å². The lowest BCUT2D eigenvalue weighted by atomic mass is 9.59. The van der Waals surface area contributed by atoms with Gasteiger partial charge in [0.2, 0.25) is 0 Å². The minimum Gasteiger partial charge on any atom is -0.0651 e. The smallest absolute Gasteiger partial charge is 0.0264 e. The van der Waals surface area contributed by atoms with Gasteiger partial charge in [0.05, 0.1) is 0 Å². The number of fused-ring (bicyclic) bond motifs is 1. The van der Waals surface area contributed by atoms with Gasteiger partial charge in [0.1, 0.15) is 0 Å². The highest BCUT2D eigenvalue weighted by Gasteiger charge is 2.50. The molecule has 0 heterocycles. The molecule has 0 heteroatoms. The van der Waals surface area contributed by atoms with E-state index in [0.29, 0.717) is 5.41 Å². The first-order valence-corrected chi connectivity index (χ1v) is 7.09. The molecule has 0 nitrogen and oxygen atoms in total. The van der Waals surface area contributed by atoms with E-state index in [-0.39, 0.29) is 0 Å². The Morgan fingerprint density at radius 3 is 2.67 bits per heavy atom. The third kappa shape index (κ3) is 1.74. The zero-order valence-corrected chi connectivity index (χ0v) is 11.1. The van der Waals surface area contributed by atoms with Crippen LogP contribution in [0.15, 0.2) is 0 Å². The Kier molecular flexibility index (Phi) is 3.14. The van der Waals surface area contributed by atoms with Crippen molar-refractivity contribution in [3.05, 3.63) is 0 Å². The molecule has 0 spiro atoms. The van der Waals surface area contributed by atoms with Crippen LogP contribution in [-0.4, -0.2) is 0 Å². The van der Waals surface area contributed by atoms with Crippen molar-refractivity contribution in [2.75, 3.05) is 0 Å². The van der Waals surface area contributed by atoms with Gasteiger partial charge in [-0.3, -0.25) is 0 Å². The van der Waals surface area contributed by atoms with Gasteiger partial charge >= 0.3 is 0 Å². The maximum absolute atomic E-state index is 2.61. The topological polar surface area (TPSA) is 0 Å². The van der Waals surface area contributed by atoms with Crippen molar-refractivity contribution >= 4 is 0 Å². The van der Waals surface area contributed by atoms with Crippen molar-refractivity contribution in [3.63, 3.8) is 0 Å². The molecule has 2 aliphatic rings. The van der Waals surface area contributed by atoms with Crippen LogP contribution >= 0.6 is 0 Å². The Balaban J connectivity index is 2.17. The molecule has 0 radical (unpaired) electrons. The zero-order chi connectivity index (χ0) is 11.1. The van der Waals surface area contributed by atoms with Crippen molar-refractivity contribution in [1.82, 2.24) is 0 Å². The van der Waals surface area contributed by atoms with E-state index in [2.05, 4.69) is 27.7 Å². The summed E-state index contributed by atoms with van der Waals surface area (Å²) in [5, 5.41) is 0. The summed E-state index contributed by atoms with van der Waals surface area (Å²) in [6.45, 7) is 9.96. The summed E-state index contributed by atoms with van der Waals surface area (Å²) in [6, 6.07) is 0. The molecule has 88 valence electrons. The van der Waals surface area contributed by atoms with Crippen LogP contribution in [-0.2, 0) is 0 Å². The van der Waals surface area contributed by atoms with E-state index >= 15 is 0 Å². The second-order valence-corrected chi connectivity index (χ2v) is 6.55. The van der Waals surface area contributed by atoms with Gasteiger partial charge in [0, 0.05) is 0 Å². The van der Waals surface area contributed by atoms with Crippen LogP contribution in [0.25, 0.3) is 0 Å². The van der Waals surface area contributed by atoms with Crippen molar-refractivity contribution in [2.24, 2.45) is 29.1 Å². The predicted molar refractivity (Wildman–Crippen MR) is 66.8 cm³/mol. The van der Waals surface area contributed by atoms with E-state index in [1.807, 2.05) is 0 Å². The van der Waals surface area contributed by atoms with Crippen LogP contribution in [0.5, 0.6) is 0 Å². The second-order valence-electron chi connectivity index (χ2n) is 6.55. The fourth-order valence-corrected chi connectivity index (χ4v) is 4.82. The van der Waals surface area contributed by atoms with Crippen molar-refractivity contribution in [2.45, 2.75) is 66.2 Å². The first kappa shape index (κ1) is 11.5. The van der Waals surface area contributed by atoms with E-state index in [4.69, 9.17) is 0 Å². The largest absolute Gasteiger partial charge is 0.0651 e. The molecule has 2 rings (SSSR count). The first-order valence-electron chi connectivity index (χ1n) is 7.09. The Morgan fingerprint density at radius 1 is 1.27 bits per heavy atom. The molecule has 0 aromatic heterocycles. The van der Waals surface area contributed by atoms with Crippen LogP contribution < -0.4 is 0 Å². The fraction of sp³-hybridized carbons (Fsp3) is 1.00. The van der Waals surface area contributed by atoms with Crippen LogP contribution in [0.4, 0.5) is 0 Å². The van der Waals surface area contributed by atoms with E-state index in [9.17, 15) is 0 Å². The van der Waals surface area contributed by atoms with Crippen molar-refractivity contribution < 1.29 is 0 Å². The van der Waals surface area contributed by atoms with Gasteiger partial charge in [-0.2, -0.15) is 0 Å². The lowest BCUT2D eigenvalue weighted by molar-refractivity contribution is 0.0362. The summed E-state index contributed by atoms with van der Waals surface area (Å²) < 4.78 is 0. The third-order valence-corrected chi connectivity index (χ3v) is 5.88. The zero-order valence-electron chi connectivity index (χ0n) is 11.1. The van der Waals surface area contributed by atoms with Gasteiger partial charge in [-0.15, -0.1) is 0 Å². The average Bonchev–Trinajstić information content (AvgIpc) is 2.56. The number of hydrogen-bond acceptors (Lipinski definition) is 0. The molecule has 0 amide bonds.